The molecule has 0 aliphatic rings. The lowest BCUT2D eigenvalue weighted by molar-refractivity contribution is 0.777. The molecule has 0 amide bonds. The number of nitrogens with zero attached hydrogens (tertiary/aromatic N) is 2. The Hall–Kier alpha value is -1.33. The Bertz CT molecular complexity index is 679. The van der Waals surface area contributed by atoms with E-state index in [1.165, 1.54) is 10.1 Å². The van der Waals surface area contributed by atoms with Crippen LogP contribution in [0, 0.1) is 0 Å². The van der Waals surface area contributed by atoms with E-state index in [0.29, 0.717) is 0 Å². The van der Waals surface area contributed by atoms with Gasteiger partial charge in [0.1, 0.15) is 5.69 Å². The van der Waals surface area contributed by atoms with Crippen molar-refractivity contribution in [2.24, 2.45) is 7.05 Å². The summed E-state index contributed by atoms with van der Waals surface area (Å²) in [5, 5.41) is 5.39. The summed E-state index contributed by atoms with van der Waals surface area (Å²) >= 11 is 5.29. The first kappa shape index (κ1) is 10.8. The van der Waals surface area contributed by atoms with E-state index < -0.39 is 0 Å². The maximum atomic E-state index is 5.94. The van der Waals surface area contributed by atoms with Gasteiger partial charge >= 0.3 is 0 Å². The van der Waals surface area contributed by atoms with Crippen LogP contribution in [-0.2, 0) is 7.05 Å². The SMILES string of the molecule is Cn1ncc(N)c1-c1cc2cccc(Br)c2s1. The predicted octanol–water partition coefficient (Wildman–Crippen LogP) is 3.65. The number of hydrogen-bond acceptors (Lipinski definition) is 3. The van der Waals surface area contributed by atoms with Crippen molar-refractivity contribution in [2.75, 3.05) is 5.73 Å². The Morgan fingerprint density at radius 3 is 2.88 bits per heavy atom. The van der Waals surface area contributed by atoms with E-state index >= 15 is 0 Å². The van der Waals surface area contributed by atoms with Crippen LogP contribution in [0.25, 0.3) is 20.7 Å². The number of rotatable bonds is 1. The zero-order chi connectivity index (χ0) is 12.0. The molecule has 2 N–H and O–H groups in total. The molecular weight excluding hydrogens is 298 g/mol. The molecule has 3 rings (SSSR count). The zero-order valence-corrected chi connectivity index (χ0v) is 11.5. The molecule has 1 aromatic carbocycles. The first-order valence-corrected chi connectivity index (χ1v) is 6.73. The molecule has 0 spiro atoms. The summed E-state index contributed by atoms with van der Waals surface area (Å²) in [7, 11) is 1.91. The number of thiophene rings is 1. The summed E-state index contributed by atoms with van der Waals surface area (Å²) < 4.78 is 4.17. The van der Waals surface area contributed by atoms with Gasteiger partial charge in [0, 0.05) is 16.2 Å². The van der Waals surface area contributed by atoms with Crippen LogP contribution in [0.4, 0.5) is 5.69 Å². The summed E-state index contributed by atoms with van der Waals surface area (Å²) in [6.07, 6.45) is 1.69. The summed E-state index contributed by atoms with van der Waals surface area (Å²) in [5.74, 6) is 0. The molecule has 0 radical (unpaired) electrons. The number of nitrogen functional groups attached to an aromatic ring is 1. The first-order valence-electron chi connectivity index (χ1n) is 5.12. The second kappa shape index (κ2) is 3.85. The van der Waals surface area contributed by atoms with Gasteiger partial charge in [-0.05, 0) is 33.4 Å². The lowest BCUT2D eigenvalue weighted by Gasteiger charge is -1.98. The van der Waals surface area contributed by atoms with Gasteiger partial charge in [0.15, 0.2) is 0 Å². The van der Waals surface area contributed by atoms with Gasteiger partial charge in [0.2, 0.25) is 0 Å². The summed E-state index contributed by atoms with van der Waals surface area (Å²) in [6, 6.07) is 8.34. The minimum atomic E-state index is 0.718. The van der Waals surface area contributed by atoms with Crippen molar-refractivity contribution in [1.82, 2.24) is 9.78 Å². The molecule has 2 heterocycles. The van der Waals surface area contributed by atoms with Gasteiger partial charge in [-0.25, -0.2) is 0 Å². The third kappa shape index (κ3) is 1.66. The van der Waals surface area contributed by atoms with Gasteiger partial charge in [0.05, 0.1) is 16.8 Å². The lowest BCUT2D eigenvalue weighted by Crippen LogP contribution is -1.93. The normalized spacial score (nSPS) is 11.2. The monoisotopic (exact) mass is 307 g/mol. The molecule has 3 aromatic rings. The van der Waals surface area contributed by atoms with E-state index in [4.69, 9.17) is 5.73 Å². The second-order valence-corrected chi connectivity index (χ2v) is 5.75. The highest BCUT2D eigenvalue weighted by molar-refractivity contribution is 9.10. The summed E-state index contributed by atoms with van der Waals surface area (Å²) in [4.78, 5) is 1.14. The number of nitrogens with two attached hydrogens (primary N) is 1. The molecule has 5 heteroatoms. The Kier molecular flexibility index (Phi) is 2.45. The number of fused-ring (bicyclic) bond motifs is 1. The molecule has 0 aliphatic carbocycles. The fraction of sp³-hybridized carbons (Fsp3) is 0.0833. The lowest BCUT2D eigenvalue weighted by atomic mass is 10.2. The van der Waals surface area contributed by atoms with Crippen LogP contribution in [0.1, 0.15) is 0 Å². The number of aryl methyl sites for hydroxylation is 1. The molecule has 0 atom stereocenters. The van der Waals surface area contributed by atoms with Gasteiger partial charge in [-0.2, -0.15) is 5.10 Å². The highest BCUT2D eigenvalue weighted by Gasteiger charge is 2.12. The van der Waals surface area contributed by atoms with Gasteiger partial charge < -0.3 is 5.73 Å². The predicted molar refractivity (Wildman–Crippen MR) is 76.1 cm³/mol. The minimum absolute atomic E-state index is 0.718. The molecule has 3 nitrogen and oxygen atoms in total. The van der Waals surface area contributed by atoms with Gasteiger partial charge in [-0.15, -0.1) is 11.3 Å². The number of benzene rings is 1. The zero-order valence-electron chi connectivity index (χ0n) is 9.14. The Morgan fingerprint density at radius 1 is 1.41 bits per heavy atom. The molecule has 0 saturated carbocycles. The van der Waals surface area contributed by atoms with E-state index in [2.05, 4.69) is 39.2 Å². The van der Waals surface area contributed by atoms with Gasteiger partial charge in [-0.3, -0.25) is 4.68 Å². The molecule has 0 saturated heterocycles. The van der Waals surface area contributed by atoms with Crippen molar-refractivity contribution in [3.8, 4) is 10.6 Å². The molecule has 86 valence electrons. The molecule has 0 aliphatic heterocycles. The van der Waals surface area contributed by atoms with E-state index in [-0.39, 0.29) is 0 Å². The van der Waals surface area contributed by atoms with Crippen LogP contribution in [-0.4, -0.2) is 9.78 Å². The van der Waals surface area contributed by atoms with Gasteiger partial charge in [-0.1, -0.05) is 12.1 Å². The van der Waals surface area contributed by atoms with Crippen LogP contribution >= 0.6 is 27.3 Å². The quantitative estimate of drug-likeness (QED) is 0.746. The molecule has 2 aromatic heterocycles. The molecule has 17 heavy (non-hydrogen) atoms. The van der Waals surface area contributed by atoms with Crippen molar-refractivity contribution < 1.29 is 0 Å². The standard InChI is InChI=1S/C12H10BrN3S/c1-16-11(9(14)6-15-16)10-5-7-3-2-4-8(13)12(7)17-10/h2-6H,14H2,1H3. The molecule has 0 unspecified atom stereocenters. The molecule has 0 fully saturated rings. The third-order valence-corrected chi connectivity index (χ3v) is 4.81. The maximum Gasteiger partial charge on any atom is 0.101 e. The third-order valence-electron chi connectivity index (χ3n) is 2.70. The topological polar surface area (TPSA) is 43.8 Å². The van der Waals surface area contributed by atoms with Crippen LogP contribution in [0.5, 0.6) is 0 Å². The molecule has 0 bridgehead atoms. The van der Waals surface area contributed by atoms with Crippen LogP contribution in [0.2, 0.25) is 0 Å². The number of aromatic nitrogens is 2. The van der Waals surface area contributed by atoms with Gasteiger partial charge in [0.25, 0.3) is 0 Å². The number of anilines is 1. The minimum Gasteiger partial charge on any atom is -0.396 e. The summed E-state index contributed by atoms with van der Waals surface area (Å²) in [6.45, 7) is 0. The van der Waals surface area contributed by atoms with Crippen molar-refractivity contribution in [3.05, 3.63) is 34.9 Å². The van der Waals surface area contributed by atoms with Crippen molar-refractivity contribution in [3.63, 3.8) is 0 Å². The van der Waals surface area contributed by atoms with Crippen molar-refractivity contribution in [2.45, 2.75) is 0 Å². The van der Waals surface area contributed by atoms with E-state index in [0.717, 1.165) is 20.7 Å². The van der Waals surface area contributed by atoms with Crippen LogP contribution in [0.3, 0.4) is 0 Å². The van der Waals surface area contributed by atoms with Crippen LogP contribution in [0.15, 0.2) is 34.9 Å². The largest absolute Gasteiger partial charge is 0.396 e. The highest BCUT2D eigenvalue weighted by Crippen LogP contribution is 2.38. The fourth-order valence-corrected chi connectivity index (χ4v) is 3.69. The average molecular weight is 308 g/mol. The Morgan fingerprint density at radius 2 is 2.24 bits per heavy atom. The highest BCUT2D eigenvalue weighted by atomic mass is 79.9. The van der Waals surface area contributed by atoms with Crippen molar-refractivity contribution >= 4 is 43.0 Å². The fourth-order valence-electron chi connectivity index (χ4n) is 1.90. The number of hydrogen-bond donors (Lipinski definition) is 1. The van der Waals surface area contributed by atoms with E-state index in [9.17, 15) is 0 Å². The first-order chi connectivity index (χ1) is 8.16. The van der Waals surface area contributed by atoms with E-state index in [1.807, 2.05) is 17.8 Å². The Labute approximate surface area is 111 Å². The molecular formula is C12H10BrN3S. The average Bonchev–Trinajstić information content (AvgIpc) is 2.84. The Balaban J connectivity index is 2.29. The van der Waals surface area contributed by atoms with E-state index in [1.54, 1.807) is 17.5 Å². The smallest absolute Gasteiger partial charge is 0.101 e. The number of halogens is 1. The van der Waals surface area contributed by atoms with Crippen molar-refractivity contribution in [1.29, 1.82) is 0 Å². The maximum absolute atomic E-state index is 5.94. The summed E-state index contributed by atoms with van der Waals surface area (Å²) in [5.41, 5.74) is 7.65. The van der Waals surface area contributed by atoms with Crippen LogP contribution < -0.4 is 5.73 Å². The second-order valence-electron chi connectivity index (χ2n) is 3.84.